The van der Waals surface area contributed by atoms with Crippen molar-refractivity contribution in [2.45, 2.75) is 304 Å². The third-order valence-corrected chi connectivity index (χ3v) is 12.4. The van der Waals surface area contributed by atoms with Crippen LogP contribution in [0.1, 0.15) is 298 Å². The van der Waals surface area contributed by atoms with E-state index >= 15 is 0 Å². The van der Waals surface area contributed by atoms with Crippen LogP contribution in [0.25, 0.3) is 0 Å². The first kappa shape index (κ1) is 59.4. The van der Waals surface area contributed by atoms with Crippen molar-refractivity contribution in [2.75, 3.05) is 13.2 Å². The Morgan fingerprint density at radius 2 is 0.475 bits per heavy atom. The summed E-state index contributed by atoms with van der Waals surface area (Å²) in [5.74, 6) is 1.61. The maximum absolute atomic E-state index is 12.8. The van der Waals surface area contributed by atoms with Crippen LogP contribution in [0.2, 0.25) is 0 Å². The van der Waals surface area contributed by atoms with Crippen LogP contribution in [0.3, 0.4) is 0 Å². The number of carbonyl (C=O) groups excluding carboxylic acids is 3. The molecule has 0 heterocycles. The van der Waals surface area contributed by atoms with Crippen LogP contribution in [0, 0.1) is 17.8 Å². The minimum Gasteiger partial charge on any atom is -0.462 e. The molecule has 6 nitrogen and oxygen atoms in total. The second kappa shape index (κ2) is 46.4. The van der Waals surface area contributed by atoms with Crippen molar-refractivity contribution in [3.8, 4) is 0 Å². The fourth-order valence-corrected chi connectivity index (χ4v) is 8.29. The Balaban J connectivity index is 4.27. The Morgan fingerprint density at radius 1 is 0.279 bits per heavy atom. The van der Waals surface area contributed by atoms with Crippen LogP contribution in [0.15, 0.2) is 0 Å². The van der Waals surface area contributed by atoms with Crippen LogP contribution in [0.5, 0.6) is 0 Å². The molecule has 0 saturated carbocycles. The van der Waals surface area contributed by atoms with E-state index in [1.807, 2.05) is 0 Å². The number of hydrogen-bond donors (Lipinski definition) is 0. The van der Waals surface area contributed by atoms with E-state index < -0.39 is 6.10 Å². The predicted octanol–water partition coefficient (Wildman–Crippen LogP) is 17.6. The normalized spacial score (nSPS) is 12.1. The molecule has 0 aromatic heterocycles. The topological polar surface area (TPSA) is 78.9 Å². The second-order valence-electron chi connectivity index (χ2n) is 20.3. The molecule has 0 saturated heterocycles. The Labute approximate surface area is 380 Å². The van der Waals surface area contributed by atoms with E-state index in [1.54, 1.807) is 0 Å². The van der Waals surface area contributed by atoms with Crippen molar-refractivity contribution >= 4 is 17.9 Å². The van der Waals surface area contributed by atoms with Gasteiger partial charge in [0.1, 0.15) is 13.2 Å². The second-order valence-corrected chi connectivity index (χ2v) is 20.3. The molecule has 0 aliphatic rings. The largest absolute Gasteiger partial charge is 0.462 e. The maximum atomic E-state index is 12.8. The number of carbonyl (C=O) groups is 3. The summed E-state index contributed by atoms with van der Waals surface area (Å²) in [6.45, 7) is 13.7. The third kappa shape index (κ3) is 49.3. The highest BCUT2D eigenvalue weighted by Gasteiger charge is 2.19. The van der Waals surface area contributed by atoms with Crippen molar-refractivity contribution in [1.29, 1.82) is 0 Å². The van der Waals surface area contributed by atoms with E-state index in [4.69, 9.17) is 14.2 Å². The summed E-state index contributed by atoms with van der Waals surface area (Å²) >= 11 is 0. The lowest BCUT2D eigenvalue weighted by Gasteiger charge is -2.18. The number of hydrogen-bond acceptors (Lipinski definition) is 6. The third-order valence-electron chi connectivity index (χ3n) is 12.4. The lowest BCUT2D eigenvalue weighted by atomic mass is 10.0. The van der Waals surface area contributed by atoms with Crippen molar-refractivity contribution in [2.24, 2.45) is 17.8 Å². The lowest BCUT2D eigenvalue weighted by molar-refractivity contribution is -0.167. The highest BCUT2D eigenvalue weighted by Crippen LogP contribution is 2.18. The smallest absolute Gasteiger partial charge is 0.306 e. The molecule has 0 amide bonds. The van der Waals surface area contributed by atoms with E-state index in [0.717, 1.165) is 75.5 Å². The number of ether oxygens (including phenoxy) is 3. The summed E-state index contributed by atoms with van der Waals surface area (Å²) < 4.78 is 16.8. The van der Waals surface area contributed by atoms with Gasteiger partial charge in [-0.15, -0.1) is 0 Å². The molecule has 0 rings (SSSR count). The first-order valence-corrected chi connectivity index (χ1v) is 27.1. The first-order valence-electron chi connectivity index (χ1n) is 27.1. The van der Waals surface area contributed by atoms with E-state index in [9.17, 15) is 14.4 Å². The van der Waals surface area contributed by atoms with Gasteiger partial charge in [0.25, 0.3) is 0 Å². The average molecular weight is 863 g/mol. The molecule has 0 N–H and O–H groups in total. The maximum Gasteiger partial charge on any atom is 0.306 e. The van der Waals surface area contributed by atoms with Crippen molar-refractivity contribution in [3.05, 3.63) is 0 Å². The molecule has 0 bridgehead atoms. The van der Waals surface area contributed by atoms with Gasteiger partial charge < -0.3 is 14.2 Å². The summed E-state index contributed by atoms with van der Waals surface area (Å²) in [5, 5.41) is 0. The molecular weight excluding hydrogens is 757 g/mol. The van der Waals surface area contributed by atoms with Crippen LogP contribution in [0.4, 0.5) is 0 Å². The Kier molecular flexibility index (Phi) is 45.2. The predicted molar refractivity (Wildman–Crippen MR) is 261 cm³/mol. The van der Waals surface area contributed by atoms with E-state index in [1.165, 1.54) is 180 Å². The molecule has 61 heavy (non-hydrogen) atoms. The zero-order valence-electron chi connectivity index (χ0n) is 42.0. The average Bonchev–Trinajstić information content (AvgIpc) is 3.22. The standard InChI is InChI=1S/C55H106O6/c1-49(2)41-35-29-23-18-14-10-7-8-12-17-21-27-34-40-46-55(58)61-52(48-60-54(57)45-39-33-28-22-25-31-37-43-51(5)6)47-59-53(56)44-38-32-26-20-16-13-9-11-15-19-24-30-36-42-50(3)4/h49-52H,7-48H2,1-6H3/t52-/m1/s1. The van der Waals surface area contributed by atoms with Crippen molar-refractivity contribution < 1.29 is 28.6 Å². The van der Waals surface area contributed by atoms with Gasteiger partial charge in [-0.2, -0.15) is 0 Å². The summed E-state index contributed by atoms with van der Waals surface area (Å²) in [6, 6.07) is 0. The molecule has 0 aromatic carbocycles. The number of esters is 3. The molecule has 0 aromatic rings. The quantitative estimate of drug-likeness (QED) is 0.0344. The fourth-order valence-electron chi connectivity index (χ4n) is 8.29. The lowest BCUT2D eigenvalue weighted by Crippen LogP contribution is -2.30. The van der Waals surface area contributed by atoms with E-state index in [2.05, 4.69) is 41.5 Å². The van der Waals surface area contributed by atoms with Crippen LogP contribution >= 0.6 is 0 Å². The molecular formula is C55H106O6. The molecule has 362 valence electrons. The number of rotatable bonds is 48. The summed E-state index contributed by atoms with van der Waals surface area (Å²) in [5.41, 5.74) is 0. The van der Waals surface area contributed by atoms with Crippen LogP contribution in [-0.2, 0) is 28.6 Å². The van der Waals surface area contributed by atoms with E-state index in [-0.39, 0.29) is 31.1 Å². The minimum absolute atomic E-state index is 0.0646. The molecule has 6 heteroatoms. The van der Waals surface area contributed by atoms with Gasteiger partial charge >= 0.3 is 17.9 Å². The molecule has 0 aliphatic heterocycles. The zero-order chi connectivity index (χ0) is 44.9. The molecule has 0 unspecified atom stereocenters. The van der Waals surface area contributed by atoms with Crippen molar-refractivity contribution in [1.82, 2.24) is 0 Å². The Hall–Kier alpha value is -1.59. The summed E-state index contributed by atoms with van der Waals surface area (Å²) in [7, 11) is 0. The fraction of sp³-hybridized carbons (Fsp3) is 0.945. The minimum atomic E-state index is -0.763. The molecule has 0 fully saturated rings. The van der Waals surface area contributed by atoms with Gasteiger partial charge in [0.05, 0.1) is 0 Å². The summed E-state index contributed by atoms with van der Waals surface area (Å²) in [6.07, 6.45) is 46.7. The molecule has 1 atom stereocenters. The number of unbranched alkanes of at least 4 members (excludes halogenated alkanes) is 31. The Morgan fingerprint density at radius 3 is 0.705 bits per heavy atom. The van der Waals surface area contributed by atoms with Gasteiger partial charge in [-0.05, 0) is 37.0 Å². The van der Waals surface area contributed by atoms with Crippen LogP contribution in [-0.4, -0.2) is 37.2 Å². The zero-order valence-corrected chi connectivity index (χ0v) is 42.0. The molecule has 0 spiro atoms. The van der Waals surface area contributed by atoms with Gasteiger partial charge in [0.15, 0.2) is 6.10 Å². The van der Waals surface area contributed by atoms with E-state index in [0.29, 0.717) is 19.3 Å². The van der Waals surface area contributed by atoms with Gasteiger partial charge in [-0.25, -0.2) is 0 Å². The van der Waals surface area contributed by atoms with Gasteiger partial charge in [-0.1, -0.05) is 260 Å². The van der Waals surface area contributed by atoms with Gasteiger partial charge in [0, 0.05) is 19.3 Å². The Bertz CT molecular complexity index is 945. The first-order chi connectivity index (χ1) is 29.6. The molecule has 0 aliphatic carbocycles. The molecule has 0 radical (unpaired) electrons. The van der Waals surface area contributed by atoms with Crippen molar-refractivity contribution in [3.63, 3.8) is 0 Å². The highest BCUT2D eigenvalue weighted by atomic mass is 16.6. The monoisotopic (exact) mass is 863 g/mol. The van der Waals surface area contributed by atoms with Crippen LogP contribution < -0.4 is 0 Å². The highest BCUT2D eigenvalue weighted by molar-refractivity contribution is 5.71. The summed E-state index contributed by atoms with van der Waals surface area (Å²) in [4.78, 5) is 38.0. The van der Waals surface area contributed by atoms with Gasteiger partial charge in [-0.3, -0.25) is 14.4 Å². The SMILES string of the molecule is CC(C)CCCCCCCCCCCCCCCCC(=O)O[C@H](COC(=O)CCCCCCCCCCCCCCCC(C)C)COC(=O)CCCCCCCCCC(C)C. The van der Waals surface area contributed by atoms with Gasteiger partial charge in [0.2, 0.25) is 0 Å².